The van der Waals surface area contributed by atoms with Gasteiger partial charge in [0.1, 0.15) is 5.75 Å². The minimum Gasteiger partial charge on any atom is -0.497 e. The van der Waals surface area contributed by atoms with Crippen molar-refractivity contribution in [1.29, 1.82) is 0 Å². The van der Waals surface area contributed by atoms with Crippen molar-refractivity contribution in [3.63, 3.8) is 0 Å². The van der Waals surface area contributed by atoms with E-state index >= 15 is 0 Å². The molecule has 0 radical (unpaired) electrons. The van der Waals surface area contributed by atoms with Gasteiger partial charge in [-0.2, -0.15) is 0 Å². The van der Waals surface area contributed by atoms with Crippen molar-refractivity contribution < 1.29 is 6.16 Å². The van der Waals surface area contributed by atoms with Crippen LogP contribution in [-0.4, -0.2) is 13.7 Å². The van der Waals surface area contributed by atoms with Crippen molar-refractivity contribution in [3.8, 4) is 5.75 Å². The predicted molar refractivity (Wildman–Crippen MR) is 65.4 cm³/mol. The van der Waals surface area contributed by atoms with E-state index in [0.717, 1.165) is 12.2 Å². The van der Waals surface area contributed by atoms with Crippen molar-refractivity contribution in [2.24, 2.45) is 5.73 Å². The molecule has 0 aromatic heterocycles. The third kappa shape index (κ3) is 2.10. The van der Waals surface area contributed by atoms with Gasteiger partial charge in [-0.3, -0.25) is 0 Å². The van der Waals surface area contributed by atoms with E-state index in [0.29, 0.717) is 6.54 Å². The van der Waals surface area contributed by atoms with Crippen LogP contribution < -0.4 is 10.5 Å². The van der Waals surface area contributed by atoms with Gasteiger partial charge in [0.15, 0.2) is 0 Å². The highest BCUT2D eigenvalue weighted by atomic mass is 16.5. The van der Waals surface area contributed by atoms with Gasteiger partial charge in [0.25, 0.3) is 0 Å². The quantitative estimate of drug-likeness (QED) is 0.832. The van der Waals surface area contributed by atoms with Crippen LogP contribution in [0.15, 0.2) is 36.4 Å². The number of fused-ring (bicyclic) bond motifs is 1. The van der Waals surface area contributed by atoms with Crippen LogP contribution in [0.4, 0.5) is 0 Å². The van der Waals surface area contributed by atoms with Gasteiger partial charge in [0.2, 0.25) is 0 Å². The van der Waals surface area contributed by atoms with Gasteiger partial charge in [0.05, 0.1) is 7.11 Å². The molecule has 0 fully saturated rings. The number of hydrogen-bond donors (Lipinski definition) is 1. The molecule has 0 saturated carbocycles. The molecule has 0 heterocycles. The van der Waals surface area contributed by atoms with Gasteiger partial charge in [-0.25, -0.2) is 0 Å². The minimum atomic E-state index is 0. The number of methoxy groups -OCH3 is 1. The van der Waals surface area contributed by atoms with E-state index in [9.17, 15) is 0 Å². The highest BCUT2D eigenvalue weighted by Gasteiger charge is 1.98. The maximum atomic E-state index is 5.54. The van der Waals surface area contributed by atoms with E-state index in [1.54, 1.807) is 7.11 Å². The second-order valence-corrected chi connectivity index (χ2v) is 3.59. The molecule has 0 unspecified atom stereocenters. The lowest BCUT2D eigenvalue weighted by atomic mass is 10.0. The molecule has 2 aromatic rings. The molecule has 0 bridgehead atoms. The third-order valence-electron chi connectivity index (χ3n) is 2.54. The highest BCUT2D eigenvalue weighted by molar-refractivity contribution is 5.84. The van der Waals surface area contributed by atoms with Gasteiger partial charge in [-0.15, -0.1) is 0 Å². The molecule has 15 heavy (non-hydrogen) atoms. The second-order valence-electron chi connectivity index (χ2n) is 3.59. The third-order valence-corrected chi connectivity index (χ3v) is 2.54. The normalized spacial score (nSPS) is 10.5. The summed E-state index contributed by atoms with van der Waals surface area (Å²) in [5.41, 5.74) is 6.81. The van der Waals surface area contributed by atoms with Gasteiger partial charge >= 0.3 is 0 Å². The maximum Gasteiger partial charge on any atom is 0.119 e. The predicted octanol–water partition coefficient (Wildman–Crippen LogP) is 2.60. The lowest BCUT2D eigenvalue weighted by Crippen LogP contribution is -2.02. The van der Waals surface area contributed by atoms with Crippen LogP contribution in [-0.2, 0) is 6.42 Å². The summed E-state index contributed by atoms with van der Waals surface area (Å²) in [6, 6.07) is 12.5. The smallest absolute Gasteiger partial charge is 0.119 e. The lowest BCUT2D eigenvalue weighted by molar-refractivity contribution is 0.415. The Bertz CT molecular complexity index is 470. The van der Waals surface area contributed by atoms with Gasteiger partial charge in [0, 0.05) is 1.43 Å². The van der Waals surface area contributed by atoms with Crippen LogP contribution in [0.1, 0.15) is 6.99 Å². The molecule has 0 aliphatic heterocycles. The van der Waals surface area contributed by atoms with Crippen LogP contribution in [0.25, 0.3) is 10.8 Å². The van der Waals surface area contributed by atoms with Gasteiger partial charge in [-0.05, 0) is 41.4 Å². The molecule has 80 valence electrons. The number of benzene rings is 2. The monoisotopic (exact) mass is 203 g/mol. The number of hydrogen-bond acceptors (Lipinski definition) is 2. The molecule has 2 rings (SSSR count). The Morgan fingerprint density at radius 3 is 2.67 bits per heavy atom. The average Bonchev–Trinajstić information content (AvgIpc) is 2.28. The van der Waals surface area contributed by atoms with Crippen LogP contribution in [0.5, 0.6) is 5.75 Å². The fourth-order valence-electron chi connectivity index (χ4n) is 1.72. The first kappa shape index (κ1) is 9.99. The Balaban J connectivity index is 0.00000128. The number of rotatable bonds is 3. The first-order chi connectivity index (χ1) is 7.33. The Hall–Kier alpha value is -1.54. The second kappa shape index (κ2) is 4.32. The van der Waals surface area contributed by atoms with E-state index in [1.165, 1.54) is 16.3 Å². The molecule has 2 nitrogen and oxygen atoms in total. The molecule has 2 heteroatoms. The molecule has 2 aromatic carbocycles. The number of ether oxygens (including phenoxy) is 1. The zero-order chi connectivity index (χ0) is 10.7. The fraction of sp³-hybridized carbons (Fsp3) is 0.231. The van der Waals surface area contributed by atoms with Crippen LogP contribution in [0.3, 0.4) is 0 Å². The lowest BCUT2D eigenvalue weighted by Gasteiger charge is -2.04. The summed E-state index contributed by atoms with van der Waals surface area (Å²) in [6.07, 6.45) is 0.924. The Morgan fingerprint density at radius 2 is 1.93 bits per heavy atom. The topological polar surface area (TPSA) is 35.2 Å². The summed E-state index contributed by atoms with van der Waals surface area (Å²) < 4.78 is 5.20. The molecule has 0 spiro atoms. The van der Waals surface area contributed by atoms with Crippen LogP contribution in [0.2, 0.25) is 0 Å². The molecule has 0 saturated heterocycles. The zero-order valence-electron chi connectivity index (χ0n) is 8.86. The Kier molecular flexibility index (Phi) is 2.88. The van der Waals surface area contributed by atoms with E-state index in [2.05, 4.69) is 30.3 Å². The summed E-state index contributed by atoms with van der Waals surface area (Å²) in [5.74, 6) is 0.896. The average molecular weight is 203 g/mol. The van der Waals surface area contributed by atoms with Crippen LogP contribution in [0, 0.1) is 0 Å². The van der Waals surface area contributed by atoms with Crippen molar-refractivity contribution >= 4 is 10.8 Å². The van der Waals surface area contributed by atoms with Crippen LogP contribution >= 0.6 is 0 Å². The van der Waals surface area contributed by atoms with Gasteiger partial charge < -0.3 is 10.5 Å². The molecule has 0 amide bonds. The summed E-state index contributed by atoms with van der Waals surface area (Å²) in [5, 5.41) is 2.44. The minimum absolute atomic E-state index is 0. The molecule has 0 aliphatic carbocycles. The fourth-order valence-corrected chi connectivity index (χ4v) is 1.72. The van der Waals surface area contributed by atoms with Crippen molar-refractivity contribution in [2.75, 3.05) is 13.7 Å². The summed E-state index contributed by atoms with van der Waals surface area (Å²) in [6.45, 7) is 0.690. The van der Waals surface area contributed by atoms with Crippen molar-refractivity contribution in [3.05, 3.63) is 42.0 Å². The Morgan fingerprint density at radius 1 is 1.13 bits per heavy atom. The molecule has 2 N–H and O–H groups in total. The largest absolute Gasteiger partial charge is 0.497 e. The molecule has 0 aliphatic rings. The van der Waals surface area contributed by atoms with E-state index < -0.39 is 0 Å². The van der Waals surface area contributed by atoms with Crippen molar-refractivity contribution in [2.45, 2.75) is 6.42 Å². The number of nitrogens with two attached hydrogens (primary N) is 1. The Labute approximate surface area is 91.1 Å². The standard InChI is InChI=1S/C13H15NO.H2/c1-15-13-5-4-11-3-2-10(6-7-14)8-12(11)9-13;/h2-5,8-9H,6-7,14H2,1H3;1H. The first-order valence-corrected chi connectivity index (χ1v) is 5.10. The summed E-state index contributed by atoms with van der Waals surface area (Å²) >= 11 is 0. The van der Waals surface area contributed by atoms with E-state index in [4.69, 9.17) is 10.5 Å². The summed E-state index contributed by atoms with van der Waals surface area (Å²) in [4.78, 5) is 0. The first-order valence-electron chi connectivity index (χ1n) is 5.10. The molecular weight excluding hydrogens is 186 g/mol. The highest BCUT2D eigenvalue weighted by Crippen LogP contribution is 2.21. The van der Waals surface area contributed by atoms with Crippen molar-refractivity contribution in [1.82, 2.24) is 0 Å². The van der Waals surface area contributed by atoms with E-state index in [1.807, 2.05) is 6.07 Å². The van der Waals surface area contributed by atoms with E-state index in [-0.39, 0.29) is 1.43 Å². The molecular formula is C13H17NO. The zero-order valence-corrected chi connectivity index (χ0v) is 8.86. The summed E-state index contributed by atoms with van der Waals surface area (Å²) in [7, 11) is 1.69. The molecule has 0 atom stereocenters. The SMILES string of the molecule is COc1ccc2ccc(CCN)cc2c1.[HH]. The maximum absolute atomic E-state index is 5.54. The van der Waals surface area contributed by atoms with Gasteiger partial charge in [-0.1, -0.05) is 24.3 Å².